The van der Waals surface area contributed by atoms with Crippen LogP contribution < -0.4 is 5.73 Å². The van der Waals surface area contributed by atoms with Crippen LogP contribution in [0.3, 0.4) is 0 Å². The van der Waals surface area contributed by atoms with E-state index in [-0.39, 0.29) is 11.3 Å². The van der Waals surface area contributed by atoms with Gasteiger partial charge in [0.1, 0.15) is 0 Å². The number of rotatable bonds is 6. The fraction of sp³-hybridized carbons (Fsp3) is 0.304. The molecule has 1 heterocycles. The highest BCUT2D eigenvalue weighted by atomic mass is 32.2. The van der Waals surface area contributed by atoms with Gasteiger partial charge in [-0.1, -0.05) is 56.3 Å². The first-order valence-corrected chi connectivity index (χ1v) is 10.2. The lowest BCUT2D eigenvalue weighted by Crippen LogP contribution is -2.08. The highest BCUT2D eigenvalue weighted by Gasteiger charge is 2.16. The van der Waals surface area contributed by atoms with Crippen LogP contribution in [0.4, 0.5) is 5.69 Å². The molecule has 0 fully saturated rings. The number of aromatic carboxylic acids is 1. The van der Waals surface area contributed by atoms with E-state index in [2.05, 4.69) is 51.5 Å². The third kappa shape index (κ3) is 8.44. The van der Waals surface area contributed by atoms with Crippen molar-refractivity contribution in [3.63, 3.8) is 0 Å². The number of thioether (sulfide) groups is 1. The molecule has 0 unspecified atom stereocenters. The molecule has 0 aliphatic carbocycles. The third-order valence-electron chi connectivity index (χ3n) is 3.81. The number of carboxylic acid groups (broad SMARTS) is 1. The minimum atomic E-state index is -1.02. The fourth-order valence-corrected chi connectivity index (χ4v) is 3.19. The van der Waals surface area contributed by atoms with Gasteiger partial charge in [0.05, 0.1) is 11.3 Å². The van der Waals surface area contributed by atoms with E-state index in [0.29, 0.717) is 11.3 Å². The van der Waals surface area contributed by atoms with E-state index in [4.69, 9.17) is 16.2 Å². The van der Waals surface area contributed by atoms with Crippen LogP contribution >= 0.6 is 11.8 Å². The third-order valence-corrected chi connectivity index (χ3v) is 4.89. The van der Waals surface area contributed by atoms with E-state index in [1.54, 1.807) is 0 Å². The van der Waals surface area contributed by atoms with Gasteiger partial charge in [-0.25, -0.2) is 4.79 Å². The topological polar surface area (TPSA) is 87.2 Å². The first kappa shape index (κ1) is 25.5. The first-order valence-electron chi connectivity index (χ1n) is 9.36. The standard InChI is InChI=1S/C15H16N2O2S.C6H12.C2H4/c1-2-9-3-6-13(20-8-9)14(17)11-7-10(15(18)19)4-5-12(11)16;1-3-5-6-4-2;1-2/h4-8,17H,2-3,16H2,1H3,(H,18,19);5-6H,3-4H2,1-2H3;1-2H2/b;6-5-;. The Balaban J connectivity index is 0.000000780. The molecule has 152 valence electrons. The zero-order valence-electron chi connectivity index (χ0n) is 17.1. The molecular formula is C23H32N2O2S. The lowest BCUT2D eigenvalue weighted by atomic mass is 10.0. The fourth-order valence-electron chi connectivity index (χ4n) is 2.23. The van der Waals surface area contributed by atoms with Crippen molar-refractivity contribution in [3.8, 4) is 0 Å². The number of anilines is 1. The number of nitrogens with two attached hydrogens (primary N) is 1. The SMILES string of the molecule is C=C.CC/C=C\CC.CCC1=CSC(C(=N)c2cc(C(=O)O)ccc2N)=CC1. The summed E-state index contributed by atoms with van der Waals surface area (Å²) in [5.41, 5.74) is 8.51. The Morgan fingerprint density at radius 1 is 1.25 bits per heavy atom. The lowest BCUT2D eigenvalue weighted by Gasteiger charge is -2.15. The van der Waals surface area contributed by atoms with Gasteiger partial charge in [0.15, 0.2) is 0 Å². The molecule has 0 atom stereocenters. The molecule has 0 amide bonds. The molecule has 0 aromatic heterocycles. The Bertz CT molecular complexity index is 743. The van der Waals surface area contributed by atoms with E-state index < -0.39 is 5.97 Å². The van der Waals surface area contributed by atoms with Crippen molar-refractivity contribution < 1.29 is 9.90 Å². The second-order valence-electron chi connectivity index (χ2n) is 5.79. The summed E-state index contributed by atoms with van der Waals surface area (Å²) in [6, 6.07) is 4.45. The Kier molecular flexibility index (Phi) is 13.2. The van der Waals surface area contributed by atoms with E-state index in [1.165, 1.54) is 48.4 Å². The van der Waals surface area contributed by atoms with Crippen LogP contribution in [0.5, 0.6) is 0 Å². The minimum absolute atomic E-state index is 0.144. The largest absolute Gasteiger partial charge is 0.478 e. The summed E-state index contributed by atoms with van der Waals surface area (Å²) in [5.74, 6) is -1.02. The summed E-state index contributed by atoms with van der Waals surface area (Å²) >= 11 is 1.49. The number of nitrogen functional groups attached to an aromatic ring is 1. The molecule has 4 N–H and O–H groups in total. The predicted octanol–water partition coefficient (Wildman–Crippen LogP) is 6.81. The van der Waals surface area contributed by atoms with E-state index >= 15 is 0 Å². The molecule has 1 aliphatic rings. The van der Waals surface area contributed by atoms with Crippen molar-refractivity contribution >= 4 is 29.1 Å². The molecule has 28 heavy (non-hydrogen) atoms. The Hall–Kier alpha value is -2.53. The molecule has 0 bridgehead atoms. The maximum Gasteiger partial charge on any atom is 0.335 e. The van der Waals surface area contributed by atoms with Gasteiger partial charge in [0.2, 0.25) is 0 Å². The summed E-state index contributed by atoms with van der Waals surface area (Å²) in [4.78, 5) is 11.8. The average Bonchev–Trinajstić information content (AvgIpc) is 2.74. The second-order valence-corrected chi connectivity index (χ2v) is 6.70. The Morgan fingerprint density at radius 3 is 2.29 bits per heavy atom. The lowest BCUT2D eigenvalue weighted by molar-refractivity contribution is 0.0697. The summed E-state index contributed by atoms with van der Waals surface area (Å²) in [5, 5.41) is 19.3. The smallest absolute Gasteiger partial charge is 0.335 e. The number of carbonyl (C=O) groups is 1. The highest BCUT2D eigenvalue weighted by Crippen LogP contribution is 2.32. The highest BCUT2D eigenvalue weighted by molar-refractivity contribution is 8.06. The molecule has 0 spiro atoms. The molecule has 1 aromatic rings. The van der Waals surface area contributed by atoms with Gasteiger partial charge in [-0.3, -0.25) is 5.41 Å². The maximum atomic E-state index is 11.0. The van der Waals surface area contributed by atoms with Crippen LogP contribution in [0.25, 0.3) is 0 Å². The number of carboxylic acids is 1. The monoisotopic (exact) mass is 400 g/mol. The Labute approximate surface area is 173 Å². The summed E-state index contributed by atoms with van der Waals surface area (Å²) in [6.07, 6.45) is 10.5. The van der Waals surface area contributed by atoms with Crippen molar-refractivity contribution in [1.82, 2.24) is 0 Å². The quantitative estimate of drug-likeness (QED) is 0.278. The maximum absolute atomic E-state index is 11.0. The van der Waals surface area contributed by atoms with Crippen molar-refractivity contribution in [2.75, 3.05) is 5.73 Å². The molecule has 1 aliphatic heterocycles. The molecule has 0 saturated carbocycles. The number of nitrogens with one attached hydrogen (secondary N) is 1. The van der Waals surface area contributed by atoms with Gasteiger partial charge < -0.3 is 10.8 Å². The van der Waals surface area contributed by atoms with E-state index in [9.17, 15) is 4.79 Å². The van der Waals surface area contributed by atoms with Crippen LogP contribution in [0.1, 0.15) is 62.4 Å². The number of hydrogen-bond donors (Lipinski definition) is 3. The number of allylic oxidation sites excluding steroid dienone is 5. The first-order chi connectivity index (χ1) is 13.4. The molecule has 4 nitrogen and oxygen atoms in total. The predicted molar refractivity (Wildman–Crippen MR) is 124 cm³/mol. The van der Waals surface area contributed by atoms with Gasteiger partial charge >= 0.3 is 5.97 Å². The van der Waals surface area contributed by atoms with Crippen molar-refractivity contribution in [1.29, 1.82) is 5.41 Å². The molecule has 0 saturated heterocycles. The zero-order chi connectivity index (χ0) is 21.5. The summed E-state index contributed by atoms with van der Waals surface area (Å²) in [6.45, 7) is 12.4. The van der Waals surface area contributed by atoms with Gasteiger partial charge in [-0.05, 0) is 49.3 Å². The van der Waals surface area contributed by atoms with Gasteiger partial charge in [-0.15, -0.1) is 13.2 Å². The van der Waals surface area contributed by atoms with Crippen molar-refractivity contribution in [2.45, 2.75) is 46.5 Å². The van der Waals surface area contributed by atoms with Gasteiger partial charge in [-0.2, -0.15) is 0 Å². The number of hydrogen-bond acceptors (Lipinski definition) is 4. The molecule has 1 aromatic carbocycles. The molecular weight excluding hydrogens is 368 g/mol. The van der Waals surface area contributed by atoms with Crippen LogP contribution in [-0.2, 0) is 0 Å². The minimum Gasteiger partial charge on any atom is -0.478 e. The van der Waals surface area contributed by atoms with Crippen LogP contribution in [0.2, 0.25) is 0 Å². The van der Waals surface area contributed by atoms with Gasteiger partial charge in [0.25, 0.3) is 0 Å². The van der Waals surface area contributed by atoms with Crippen molar-refractivity contribution in [2.24, 2.45) is 0 Å². The zero-order valence-corrected chi connectivity index (χ0v) is 17.9. The molecule has 2 rings (SSSR count). The van der Waals surface area contributed by atoms with Crippen LogP contribution in [0.15, 0.2) is 65.5 Å². The van der Waals surface area contributed by atoms with E-state index in [0.717, 1.165) is 17.7 Å². The summed E-state index contributed by atoms with van der Waals surface area (Å²) in [7, 11) is 0. The van der Waals surface area contributed by atoms with E-state index in [1.807, 2.05) is 6.08 Å². The average molecular weight is 401 g/mol. The Morgan fingerprint density at radius 2 is 1.86 bits per heavy atom. The normalized spacial score (nSPS) is 12.7. The van der Waals surface area contributed by atoms with Crippen molar-refractivity contribution in [3.05, 3.63) is 76.6 Å². The van der Waals surface area contributed by atoms with Gasteiger partial charge in [0, 0.05) is 16.2 Å². The molecule has 0 radical (unpaired) electrons. The number of benzene rings is 1. The van der Waals surface area contributed by atoms with Crippen LogP contribution in [0, 0.1) is 5.41 Å². The second kappa shape index (κ2) is 14.5. The summed E-state index contributed by atoms with van der Waals surface area (Å²) < 4.78 is 0. The molecule has 5 heteroatoms. The van der Waals surface area contributed by atoms with Crippen LogP contribution in [-0.4, -0.2) is 16.8 Å².